The van der Waals surface area contributed by atoms with Crippen LogP contribution < -0.4 is 5.32 Å². The summed E-state index contributed by atoms with van der Waals surface area (Å²) in [6.45, 7) is 2.69. The first-order valence-corrected chi connectivity index (χ1v) is 4.95. The molecule has 1 aromatic heterocycles. The molecule has 0 bridgehead atoms. The van der Waals surface area contributed by atoms with E-state index in [1.54, 1.807) is 12.1 Å². The lowest BCUT2D eigenvalue weighted by Crippen LogP contribution is -2.27. The molecular formula is C12H14N2O. The van der Waals surface area contributed by atoms with Crippen LogP contribution in [0.4, 0.5) is 0 Å². The summed E-state index contributed by atoms with van der Waals surface area (Å²) in [6, 6.07) is 5.72. The van der Waals surface area contributed by atoms with Gasteiger partial charge in [0.05, 0.1) is 6.54 Å². The molecule has 0 aromatic carbocycles. The Balaban J connectivity index is 2.43. The lowest BCUT2D eigenvalue weighted by Gasteiger charge is -2.12. The number of rotatable bonds is 5. The monoisotopic (exact) mass is 202 g/mol. The Kier molecular flexibility index (Phi) is 4.47. The maximum absolute atomic E-state index is 8.57. The first-order chi connectivity index (χ1) is 7.30. The first-order valence-electron chi connectivity index (χ1n) is 4.95. The van der Waals surface area contributed by atoms with Crippen molar-refractivity contribution in [3.8, 4) is 18.4 Å². The third-order valence-electron chi connectivity index (χ3n) is 2.19. The van der Waals surface area contributed by atoms with Gasteiger partial charge in [-0.3, -0.25) is 0 Å². The zero-order valence-electron chi connectivity index (χ0n) is 8.79. The normalized spacial score (nSPS) is 11.7. The number of furan rings is 1. The molecule has 0 aliphatic carbocycles. The maximum Gasteiger partial charge on any atom is 0.203 e. The quantitative estimate of drug-likeness (QED) is 0.743. The van der Waals surface area contributed by atoms with E-state index in [4.69, 9.17) is 16.1 Å². The zero-order valence-corrected chi connectivity index (χ0v) is 8.79. The molecule has 0 radical (unpaired) electrons. The Morgan fingerprint density at radius 2 is 2.40 bits per heavy atom. The Labute approximate surface area is 90.1 Å². The van der Waals surface area contributed by atoms with Gasteiger partial charge in [-0.2, -0.15) is 5.26 Å². The Bertz CT molecular complexity index is 381. The highest BCUT2D eigenvalue weighted by atomic mass is 16.3. The van der Waals surface area contributed by atoms with E-state index in [2.05, 4.69) is 18.2 Å². The minimum absolute atomic E-state index is 0.311. The van der Waals surface area contributed by atoms with Crippen LogP contribution in [0, 0.1) is 23.7 Å². The van der Waals surface area contributed by atoms with Gasteiger partial charge in [-0.25, -0.2) is 0 Å². The molecule has 1 aromatic rings. The number of nitrogens with one attached hydrogen (secondary N) is 1. The lowest BCUT2D eigenvalue weighted by atomic mass is 10.1. The fourth-order valence-electron chi connectivity index (χ4n) is 1.28. The van der Waals surface area contributed by atoms with Crippen molar-refractivity contribution >= 4 is 0 Å². The van der Waals surface area contributed by atoms with E-state index in [9.17, 15) is 0 Å². The molecule has 1 atom stereocenters. The summed E-state index contributed by atoms with van der Waals surface area (Å²) in [5, 5.41) is 11.8. The largest absolute Gasteiger partial charge is 0.449 e. The molecular weight excluding hydrogens is 188 g/mol. The van der Waals surface area contributed by atoms with Crippen molar-refractivity contribution in [2.45, 2.75) is 32.4 Å². The second-order valence-electron chi connectivity index (χ2n) is 3.27. The van der Waals surface area contributed by atoms with E-state index in [1.807, 2.05) is 6.07 Å². The van der Waals surface area contributed by atoms with Crippen molar-refractivity contribution in [2.24, 2.45) is 0 Å². The van der Waals surface area contributed by atoms with Crippen LogP contribution in [0.15, 0.2) is 16.5 Å². The fraction of sp³-hybridized carbons (Fsp3) is 0.417. The predicted molar refractivity (Wildman–Crippen MR) is 57.8 cm³/mol. The van der Waals surface area contributed by atoms with Crippen molar-refractivity contribution in [2.75, 3.05) is 0 Å². The minimum Gasteiger partial charge on any atom is -0.449 e. The van der Waals surface area contributed by atoms with Crippen LogP contribution in [0.25, 0.3) is 0 Å². The lowest BCUT2D eigenvalue weighted by molar-refractivity contribution is 0.434. The number of hydrogen-bond donors (Lipinski definition) is 1. The average molecular weight is 202 g/mol. The number of nitrogens with zero attached hydrogens (tertiary/aromatic N) is 1. The van der Waals surface area contributed by atoms with Gasteiger partial charge in [-0.15, -0.1) is 12.3 Å². The van der Waals surface area contributed by atoms with Gasteiger partial charge in [-0.05, 0) is 18.6 Å². The van der Waals surface area contributed by atoms with Crippen LogP contribution in [0.5, 0.6) is 0 Å². The second-order valence-corrected chi connectivity index (χ2v) is 3.27. The van der Waals surface area contributed by atoms with E-state index in [-0.39, 0.29) is 0 Å². The molecule has 0 amide bonds. The highest BCUT2D eigenvalue weighted by Crippen LogP contribution is 2.07. The van der Waals surface area contributed by atoms with Crippen molar-refractivity contribution in [3.05, 3.63) is 23.7 Å². The Hall–Kier alpha value is -1.71. The SMILES string of the molecule is C#CCC(CC)NCc1ccc(C#N)o1. The van der Waals surface area contributed by atoms with Gasteiger partial charge in [0.25, 0.3) is 0 Å². The van der Waals surface area contributed by atoms with Crippen LogP contribution in [0.1, 0.15) is 31.3 Å². The highest BCUT2D eigenvalue weighted by molar-refractivity contribution is 5.19. The average Bonchev–Trinajstić information content (AvgIpc) is 2.72. The van der Waals surface area contributed by atoms with Gasteiger partial charge in [0, 0.05) is 12.5 Å². The van der Waals surface area contributed by atoms with Crippen LogP contribution >= 0.6 is 0 Å². The van der Waals surface area contributed by atoms with Crippen molar-refractivity contribution in [3.63, 3.8) is 0 Å². The van der Waals surface area contributed by atoms with Crippen molar-refractivity contribution < 1.29 is 4.42 Å². The summed E-state index contributed by atoms with van der Waals surface area (Å²) in [7, 11) is 0. The number of hydrogen-bond acceptors (Lipinski definition) is 3. The molecule has 0 aliphatic heterocycles. The number of nitriles is 1. The molecule has 0 saturated carbocycles. The van der Waals surface area contributed by atoms with Gasteiger partial charge in [0.2, 0.25) is 5.76 Å². The van der Waals surface area contributed by atoms with Crippen LogP contribution in [0.3, 0.4) is 0 Å². The summed E-state index contributed by atoms with van der Waals surface area (Å²) in [5.41, 5.74) is 0. The summed E-state index contributed by atoms with van der Waals surface area (Å²) in [4.78, 5) is 0. The molecule has 0 spiro atoms. The molecule has 1 heterocycles. The standard InChI is InChI=1S/C12H14N2O/c1-3-5-10(4-2)14-9-12-7-6-11(8-13)15-12/h1,6-7,10,14H,4-5,9H2,2H3. The molecule has 1 N–H and O–H groups in total. The van der Waals surface area contributed by atoms with Crippen LogP contribution in [0.2, 0.25) is 0 Å². The van der Waals surface area contributed by atoms with Gasteiger partial charge >= 0.3 is 0 Å². The Morgan fingerprint density at radius 1 is 1.60 bits per heavy atom. The van der Waals surface area contributed by atoms with E-state index in [0.29, 0.717) is 24.8 Å². The highest BCUT2D eigenvalue weighted by Gasteiger charge is 2.05. The summed E-state index contributed by atoms with van der Waals surface area (Å²) < 4.78 is 5.23. The third-order valence-corrected chi connectivity index (χ3v) is 2.19. The molecule has 15 heavy (non-hydrogen) atoms. The molecule has 0 saturated heterocycles. The minimum atomic E-state index is 0.311. The van der Waals surface area contributed by atoms with Gasteiger partial charge in [-0.1, -0.05) is 6.92 Å². The molecule has 1 rings (SSSR count). The fourth-order valence-corrected chi connectivity index (χ4v) is 1.28. The summed E-state index contributed by atoms with van der Waals surface area (Å²) in [6.07, 6.45) is 6.94. The smallest absolute Gasteiger partial charge is 0.203 e. The van der Waals surface area contributed by atoms with Crippen molar-refractivity contribution in [1.82, 2.24) is 5.32 Å². The Morgan fingerprint density at radius 3 is 2.93 bits per heavy atom. The molecule has 0 fully saturated rings. The summed E-state index contributed by atoms with van der Waals surface area (Å²) in [5.74, 6) is 3.74. The molecule has 0 aliphatic rings. The van der Waals surface area contributed by atoms with Gasteiger partial charge < -0.3 is 9.73 Å². The molecule has 3 heteroatoms. The third kappa shape index (κ3) is 3.50. The van der Waals surface area contributed by atoms with Crippen molar-refractivity contribution in [1.29, 1.82) is 5.26 Å². The number of terminal acetylenes is 1. The van der Waals surface area contributed by atoms with Crippen LogP contribution in [-0.2, 0) is 6.54 Å². The predicted octanol–water partition coefficient (Wildman–Crippen LogP) is 2.04. The van der Waals surface area contributed by atoms with E-state index in [0.717, 1.165) is 12.2 Å². The molecule has 78 valence electrons. The van der Waals surface area contributed by atoms with E-state index in [1.165, 1.54) is 0 Å². The topological polar surface area (TPSA) is 49.0 Å². The maximum atomic E-state index is 8.57. The zero-order chi connectivity index (χ0) is 11.1. The van der Waals surface area contributed by atoms with Gasteiger partial charge in [0.15, 0.2) is 0 Å². The first kappa shape index (κ1) is 11.4. The summed E-state index contributed by atoms with van der Waals surface area (Å²) >= 11 is 0. The van der Waals surface area contributed by atoms with E-state index >= 15 is 0 Å². The van der Waals surface area contributed by atoms with E-state index < -0.39 is 0 Å². The molecule has 3 nitrogen and oxygen atoms in total. The van der Waals surface area contributed by atoms with Gasteiger partial charge in [0.1, 0.15) is 11.8 Å². The van der Waals surface area contributed by atoms with Crippen LogP contribution in [-0.4, -0.2) is 6.04 Å². The second kappa shape index (κ2) is 5.90. The molecule has 1 unspecified atom stereocenters.